The molecule has 0 amide bonds. The van der Waals surface area contributed by atoms with E-state index in [9.17, 15) is 0 Å². The lowest BCUT2D eigenvalue weighted by Gasteiger charge is -2.06. The largest absolute Gasteiger partial charge is 0.397 e. The lowest BCUT2D eigenvalue weighted by Crippen LogP contribution is -2.00. The maximum atomic E-state index is 9.01. The van der Waals surface area contributed by atoms with Crippen molar-refractivity contribution < 1.29 is 0 Å². The molecular weight excluding hydrogens is 288 g/mol. The third-order valence-electron chi connectivity index (χ3n) is 2.93. The van der Waals surface area contributed by atoms with E-state index < -0.39 is 0 Å². The van der Waals surface area contributed by atoms with E-state index in [-0.39, 0.29) is 0 Å². The van der Waals surface area contributed by atoms with Gasteiger partial charge in [-0.05, 0) is 41.0 Å². The molecule has 0 aliphatic carbocycles. The second kappa shape index (κ2) is 5.24. The molecule has 0 bridgehead atoms. The summed E-state index contributed by atoms with van der Waals surface area (Å²) >= 11 is 3.45. The van der Waals surface area contributed by atoms with Crippen LogP contribution in [0.5, 0.6) is 0 Å². The second-order valence-electron chi connectivity index (χ2n) is 4.06. The van der Waals surface area contributed by atoms with Crippen molar-refractivity contribution >= 4 is 32.4 Å². The van der Waals surface area contributed by atoms with Crippen LogP contribution in [0.2, 0.25) is 0 Å². The molecule has 0 saturated carbocycles. The second-order valence-corrected chi connectivity index (χ2v) is 4.98. The number of nitriles is 1. The van der Waals surface area contributed by atoms with E-state index in [4.69, 9.17) is 11.0 Å². The molecule has 0 unspecified atom stereocenters. The molecule has 0 heterocycles. The molecule has 0 atom stereocenters. The van der Waals surface area contributed by atoms with E-state index in [2.05, 4.69) is 28.1 Å². The van der Waals surface area contributed by atoms with Crippen LogP contribution in [0.4, 0.5) is 0 Å². The third kappa shape index (κ3) is 2.39. The molecule has 0 fully saturated rings. The highest BCUT2D eigenvalue weighted by Crippen LogP contribution is 2.24. The molecular formula is C15H13BrN2. The highest BCUT2D eigenvalue weighted by Gasteiger charge is 2.05. The summed E-state index contributed by atoms with van der Waals surface area (Å²) in [5.74, 6) is 0. The van der Waals surface area contributed by atoms with Crippen LogP contribution in [0.3, 0.4) is 0 Å². The van der Waals surface area contributed by atoms with Crippen LogP contribution in [0.15, 0.2) is 46.4 Å². The van der Waals surface area contributed by atoms with Crippen molar-refractivity contribution in [2.45, 2.75) is 13.3 Å². The fourth-order valence-electron chi connectivity index (χ4n) is 1.89. The molecule has 2 N–H and O–H groups in total. The Hall–Kier alpha value is -1.79. The van der Waals surface area contributed by atoms with Crippen molar-refractivity contribution in [2.75, 3.05) is 0 Å². The maximum absolute atomic E-state index is 9.01. The number of rotatable bonds is 2. The van der Waals surface area contributed by atoms with Gasteiger partial charge in [0.25, 0.3) is 0 Å². The fraction of sp³-hybridized carbons (Fsp3) is 0.133. The number of benzene rings is 2. The number of nitrogens with zero attached hydrogens (tertiary/aromatic N) is 1. The summed E-state index contributed by atoms with van der Waals surface area (Å²) in [5, 5.41) is 11.3. The number of nitrogens with two attached hydrogens (primary N) is 1. The zero-order valence-electron chi connectivity index (χ0n) is 10.1. The molecule has 0 radical (unpaired) electrons. The van der Waals surface area contributed by atoms with Gasteiger partial charge in [0.1, 0.15) is 0 Å². The first-order valence-corrected chi connectivity index (χ1v) is 6.53. The first-order valence-electron chi connectivity index (χ1n) is 5.74. The standard InChI is InChI=1S/C15H13BrN2/c1-2-10(9-17)15(18)13-4-3-12-8-14(16)6-5-11(12)7-13/h3-8H,2,18H2,1H3/b15-10-. The summed E-state index contributed by atoms with van der Waals surface area (Å²) in [4.78, 5) is 0. The molecule has 0 aliphatic heterocycles. The van der Waals surface area contributed by atoms with Crippen molar-refractivity contribution in [1.29, 1.82) is 5.26 Å². The molecule has 0 aliphatic rings. The minimum absolute atomic E-state index is 0.574. The van der Waals surface area contributed by atoms with Crippen LogP contribution in [0.25, 0.3) is 16.5 Å². The minimum Gasteiger partial charge on any atom is -0.397 e. The van der Waals surface area contributed by atoms with Gasteiger partial charge >= 0.3 is 0 Å². The lowest BCUT2D eigenvalue weighted by molar-refractivity contribution is 1.15. The Morgan fingerprint density at radius 3 is 2.56 bits per heavy atom. The van der Waals surface area contributed by atoms with Gasteiger partial charge in [-0.25, -0.2) is 0 Å². The van der Waals surface area contributed by atoms with E-state index in [0.717, 1.165) is 20.8 Å². The number of hydrogen-bond donors (Lipinski definition) is 1. The van der Waals surface area contributed by atoms with Crippen LogP contribution in [0, 0.1) is 11.3 Å². The average molecular weight is 301 g/mol. The highest BCUT2D eigenvalue weighted by molar-refractivity contribution is 9.10. The zero-order valence-corrected chi connectivity index (χ0v) is 11.7. The van der Waals surface area contributed by atoms with Gasteiger partial charge < -0.3 is 5.73 Å². The summed E-state index contributed by atoms with van der Waals surface area (Å²) in [5.41, 5.74) is 8.14. The van der Waals surface area contributed by atoms with Crippen molar-refractivity contribution in [3.05, 3.63) is 52.0 Å². The van der Waals surface area contributed by atoms with Gasteiger partial charge in [0.15, 0.2) is 0 Å². The van der Waals surface area contributed by atoms with Gasteiger partial charge in [-0.3, -0.25) is 0 Å². The predicted molar refractivity (Wildman–Crippen MR) is 78.7 cm³/mol. The van der Waals surface area contributed by atoms with Crippen LogP contribution in [0.1, 0.15) is 18.9 Å². The smallest absolute Gasteiger partial charge is 0.0968 e. The van der Waals surface area contributed by atoms with Crippen molar-refractivity contribution in [3.8, 4) is 6.07 Å². The van der Waals surface area contributed by atoms with Gasteiger partial charge in [0.2, 0.25) is 0 Å². The van der Waals surface area contributed by atoms with Crippen LogP contribution < -0.4 is 5.73 Å². The molecule has 3 heteroatoms. The Morgan fingerprint density at radius 2 is 1.89 bits per heavy atom. The Labute approximate surface area is 115 Å². The summed E-state index contributed by atoms with van der Waals surface area (Å²) in [7, 11) is 0. The Bertz CT molecular complexity index is 666. The topological polar surface area (TPSA) is 49.8 Å². The molecule has 2 aromatic carbocycles. The first-order chi connectivity index (χ1) is 8.65. The van der Waals surface area contributed by atoms with Crippen LogP contribution in [-0.2, 0) is 0 Å². The van der Waals surface area contributed by atoms with Gasteiger partial charge in [-0.2, -0.15) is 5.26 Å². The normalized spacial score (nSPS) is 12.1. The molecule has 0 spiro atoms. The van der Waals surface area contributed by atoms with Crippen LogP contribution in [-0.4, -0.2) is 0 Å². The van der Waals surface area contributed by atoms with Gasteiger partial charge in [0, 0.05) is 4.47 Å². The lowest BCUT2D eigenvalue weighted by atomic mass is 10.0. The summed E-state index contributed by atoms with van der Waals surface area (Å²) in [6.07, 6.45) is 0.653. The maximum Gasteiger partial charge on any atom is 0.0968 e. The molecule has 2 aromatic rings. The fourth-order valence-corrected chi connectivity index (χ4v) is 2.27. The van der Waals surface area contributed by atoms with Crippen molar-refractivity contribution in [1.82, 2.24) is 0 Å². The number of fused-ring (bicyclic) bond motifs is 1. The zero-order chi connectivity index (χ0) is 13.1. The van der Waals surface area contributed by atoms with E-state index in [1.807, 2.05) is 37.3 Å². The summed E-state index contributed by atoms with van der Waals surface area (Å²) < 4.78 is 1.05. The first kappa shape index (κ1) is 12.7. The molecule has 0 saturated heterocycles. The summed E-state index contributed by atoms with van der Waals surface area (Å²) in [6.45, 7) is 1.93. The van der Waals surface area contributed by atoms with Gasteiger partial charge in [0.05, 0.1) is 17.3 Å². The Balaban J connectivity index is 2.58. The third-order valence-corrected chi connectivity index (χ3v) is 3.42. The van der Waals surface area contributed by atoms with E-state index in [1.54, 1.807) is 0 Å². The SMILES string of the molecule is CC/C(C#N)=C(/N)c1ccc2cc(Br)ccc2c1. The van der Waals surface area contributed by atoms with Crippen molar-refractivity contribution in [3.63, 3.8) is 0 Å². The Morgan fingerprint density at radius 1 is 1.22 bits per heavy atom. The molecule has 0 aromatic heterocycles. The van der Waals surface area contributed by atoms with E-state index >= 15 is 0 Å². The monoisotopic (exact) mass is 300 g/mol. The van der Waals surface area contributed by atoms with Crippen LogP contribution >= 0.6 is 15.9 Å². The van der Waals surface area contributed by atoms with E-state index in [1.165, 1.54) is 0 Å². The average Bonchev–Trinajstić information content (AvgIpc) is 2.39. The molecule has 2 rings (SSSR count). The number of hydrogen-bond acceptors (Lipinski definition) is 2. The van der Waals surface area contributed by atoms with Crippen molar-refractivity contribution in [2.24, 2.45) is 5.73 Å². The van der Waals surface area contributed by atoms with E-state index in [0.29, 0.717) is 17.7 Å². The molecule has 90 valence electrons. The summed E-state index contributed by atoms with van der Waals surface area (Å²) in [6, 6.07) is 14.2. The number of allylic oxidation sites excluding steroid dienone is 1. The molecule has 2 nitrogen and oxygen atoms in total. The highest BCUT2D eigenvalue weighted by atomic mass is 79.9. The van der Waals surface area contributed by atoms with Gasteiger partial charge in [-0.15, -0.1) is 0 Å². The number of halogens is 1. The Kier molecular flexibility index (Phi) is 3.69. The minimum atomic E-state index is 0.574. The quantitative estimate of drug-likeness (QED) is 0.845. The molecule has 18 heavy (non-hydrogen) atoms. The predicted octanol–water partition coefficient (Wildman–Crippen LogP) is 4.21. The van der Waals surface area contributed by atoms with Gasteiger partial charge in [-0.1, -0.05) is 41.1 Å².